The fourth-order valence-corrected chi connectivity index (χ4v) is 5.58. The minimum absolute atomic E-state index is 0.193. The predicted octanol–water partition coefficient (Wildman–Crippen LogP) is 4.28. The van der Waals surface area contributed by atoms with Crippen LogP contribution in [0.15, 0.2) is 35.2 Å². The molecule has 0 bridgehead atoms. The average Bonchev–Trinajstić information content (AvgIpc) is 3.32. The molecular formula is C21H22N2O3S. The van der Waals surface area contributed by atoms with Crippen molar-refractivity contribution >= 4 is 26.7 Å². The first-order valence-electron chi connectivity index (χ1n) is 9.07. The van der Waals surface area contributed by atoms with E-state index in [4.69, 9.17) is 0 Å². The minimum atomic E-state index is -3.93. The molecule has 5 nitrogen and oxygen atoms in total. The Labute approximate surface area is 159 Å². The Kier molecular flexibility index (Phi) is 4.00. The van der Waals surface area contributed by atoms with Crippen LogP contribution in [0.5, 0.6) is 0 Å². The largest absolute Gasteiger partial charge is 0.293 e. The molecule has 2 aromatic carbocycles. The highest BCUT2D eigenvalue weighted by atomic mass is 32.2. The molecule has 0 aliphatic heterocycles. The molecule has 1 saturated carbocycles. The van der Waals surface area contributed by atoms with E-state index < -0.39 is 10.0 Å². The summed E-state index contributed by atoms with van der Waals surface area (Å²) in [5, 5.41) is 4.82. The third kappa shape index (κ3) is 2.88. The molecule has 0 atom stereocenters. The highest BCUT2D eigenvalue weighted by molar-refractivity contribution is 7.90. The Hall–Kier alpha value is -2.47. The van der Waals surface area contributed by atoms with Gasteiger partial charge >= 0.3 is 0 Å². The van der Waals surface area contributed by atoms with Gasteiger partial charge in [0.15, 0.2) is 5.78 Å². The number of aromatic nitrogens is 2. The first kappa shape index (κ1) is 17.9. The first-order chi connectivity index (χ1) is 12.7. The van der Waals surface area contributed by atoms with Crippen LogP contribution in [0.1, 0.15) is 58.4 Å². The van der Waals surface area contributed by atoms with E-state index in [1.165, 1.54) is 6.92 Å². The minimum Gasteiger partial charge on any atom is -0.293 e. The maximum atomic E-state index is 13.5. The van der Waals surface area contributed by atoms with Crippen molar-refractivity contribution in [2.24, 2.45) is 0 Å². The Bertz CT molecular complexity index is 1180. The molecule has 4 rings (SSSR count). The van der Waals surface area contributed by atoms with E-state index in [1.54, 1.807) is 13.8 Å². The van der Waals surface area contributed by atoms with Crippen LogP contribution in [0.25, 0.3) is 10.9 Å². The van der Waals surface area contributed by atoms with Crippen LogP contribution in [0.3, 0.4) is 0 Å². The van der Waals surface area contributed by atoms with Gasteiger partial charge in [-0.05, 0) is 62.3 Å². The zero-order valence-corrected chi connectivity index (χ0v) is 16.7. The maximum absolute atomic E-state index is 13.5. The molecule has 1 fully saturated rings. The summed E-state index contributed by atoms with van der Waals surface area (Å²) in [4.78, 5) is 12.3. The van der Waals surface area contributed by atoms with Crippen molar-refractivity contribution in [2.45, 2.75) is 51.3 Å². The zero-order valence-electron chi connectivity index (χ0n) is 15.9. The second kappa shape index (κ2) is 6.02. The molecule has 0 spiro atoms. The van der Waals surface area contributed by atoms with Gasteiger partial charge in [0.25, 0.3) is 10.0 Å². The normalized spacial score (nSPS) is 14.7. The molecule has 6 heteroatoms. The molecule has 140 valence electrons. The van der Waals surface area contributed by atoms with Crippen LogP contribution in [-0.2, 0) is 10.0 Å². The monoisotopic (exact) mass is 382 g/mol. The number of aryl methyl sites for hydroxylation is 3. The van der Waals surface area contributed by atoms with Gasteiger partial charge in [0.1, 0.15) is 5.69 Å². The average molecular weight is 382 g/mol. The van der Waals surface area contributed by atoms with E-state index in [9.17, 15) is 13.2 Å². The maximum Gasteiger partial charge on any atom is 0.284 e. The van der Waals surface area contributed by atoms with Crippen molar-refractivity contribution in [3.63, 3.8) is 0 Å². The summed E-state index contributed by atoms with van der Waals surface area (Å²) in [6.07, 6.45) is 2.23. The fraction of sp³-hybridized carbons (Fsp3) is 0.333. The van der Waals surface area contributed by atoms with Crippen LogP contribution >= 0.6 is 0 Å². The van der Waals surface area contributed by atoms with E-state index in [0.717, 1.165) is 28.1 Å². The highest BCUT2D eigenvalue weighted by Crippen LogP contribution is 2.41. The van der Waals surface area contributed by atoms with Gasteiger partial charge < -0.3 is 0 Å². The second-order valence-electron chi connectivity index (χ2n) is 7.53. The smallest absolute Gasteiger partial charge is 0.284 e. The molecular weight excluding hydrogens is 360 g/mol. The summed E-state index contributed by atoms with van der Waals surface area (Å²) in [5.74, 6) is 0.231. The standard InChI is InChI=1S/C21H22N2O3S/c1-12-9-13(2)21(14(3)10-12)27(25,26)23-19-11-17(16-5-6-16)7-8-18(19)20(22-23)15(4)24/h7-11,16H,5-6H2,1-4H3. The highest BCUT2D eigenvalue weighted by Gasteiger charge is 2.29. The van der Waals surface area contributed by atoms with Crippen molar-refractivity contribution in [2.75, 3.05) is 0 Å². The first-order valence-corrected chi connectivity index (χ1v) is 10.5. The lowest BCUT2D eigenvalue weighted by Crippen LogP contribution is -2.18. The summed E-state index contributed by atoms with van der Waals surface area (Å²) >= 11 is 0. The molecule has 0 unspecified atom stereocenters. The summed E-state index contributed by atoms with van der Waals surface area (Å²) in [5.41, 5.74) is 4.14. The van der Waals surface area contributed by atoms with Crippen molar-refractivity contribution in [3.05, 3.63) is 58.3 Å². The van der Waals surface area contributed by atoms with Gasteiger partial charge in [0.2, 0.25) is 0 Å². The summed E-state index contributed by atoms with van der Waals surface area (Å²) < 4.78 is 28.1. The van der Waals surface area contributed by atoms with Gasteiger partial charge in [-0.2, -0.15) is 17.6 Å². The molecule has 3 aromatic rings. The Balaban J connectivity index is 2.03. The predicted molar refractivity (Wildman–Crippen MR) is 105 cm³/mol. The van der Waals surface area contributed by atoms with Gasteiger partial charge in [0.05, 0.1) is 10.4 Å². The van der Waals surface area contributed by atoms with E-state index in [0.29, 0.717) is 27.9 Å². The number of ketones is 1. The number of hydrogen-bond donors (Lipinski definition) is 0. The number of Topliss-reactive ketones (excluding diaryl/α,β-unsaturated/α-hetero) is 1. The van der Waals surface area contributed by atoms with Crippen LogP contribution in [0, 0.1) is 20.8 Å². The number of hydrogen-bond acceptors (Lipinski definition) is 4. The number of carbonyl (C=O) groups excluding carboxylic acids is 1. The third-order valence-electron chi connectivity index (χ3n) is 5.15. The molecule has 1 aromatic heterocycles. The second-order valence-corrected chi connectivity index (χ2v) is 9.24. The van der Waals surface area contributed by atoms with Crippen molar-refractivity contribution in [3.8, 4) is 0 Å². The van der Waals surface area contributed by atoms with Gasteiger partial charge in [-0.15, -0.1) is 0 Å². The number of benzene rings is 2. The van der Waals surface area contributed by atoms with Gasteiger partial charge in [0, 0.05) is 12.3 Å². The Morgan fingerprint density at radius 2 is 1.70 bits per heavy atom. The quantitative estimate of drug-likeness (QED) is 0.632. The molecule has 0 N–H and O–H groups in total. The zero-order chi connectivity index (χ0) is 19.5. The lowest BCUT2D eigenvalue weighted by atomic mass is 10.1. The molecule has 1 aliphatic carbocycles. The SMILES string of the molecule is CC(=O)c1nn(S(=O)(=O)c2c(C)cc(C)cc2C)c2cc(C3CC3)ccc12. The van der Waals surface area contributed by atoms with Crippen LogP contribution in [-0.4, -0.2) is 23.4 Å². The molecule has 0 saturated heterocycles. The molecule has 0 amide bonds. The molecule has 0 radical (unpaired) electrons. The third-order valence-corrected chi connectivity index (χ3v) is 7.04. The number of fused-ring (bicyclic) bond motifs is 1. The van der Waals surface area contributed by atoms with Crippen molar-refractivity contribution in [1.29, 1.82) is 0 Å². The lowest BCUT2D eigenvalue weighted by Gasteiger charge is -2.13. The van der Waals surface area contributed by atoms with Gasteiger partial charge in [-0.3, -0.25) is 4.79 Å². The summed E-state index contributed by atoms with van der Waals surface area (Å²) in [6, 6.07) is 9.39. The molecule has 1 aliphatic rings. The number of nitrogens with zero attached hydrogens (tertiary/aromatic N) is 2. The fourth-order valence-electron chi connectivity index (χ4n) is 3.88. The summed E-state index contributed by atoms with van der Waals surface area (Å²) in [6.45, 7) is 6.94. The molecule has 1 heterocycles. The van der Waals surface area contributed by atoms with E-state index in [-0.39, 0.29) is 16.4 Å². The molecule has 27 heavy (non-hydrogen) atoms. The van der Waals surface area contributed by atoms with Crippen LogP contribution in [0.2, 0.25) is 0 Å². The van der Waals surface area contributed by atoms with E-state index in [1.807, 2.05) is 37.3 Å². The number of rotatable bonds is 4. The number of carbonyl (C=O) groups is 1. The topological polar surface area (TPSA) is 69.0 Å². The van der Waals surface area contributed by atoms with Crippen molar-refractivity contribution < 1.29 is 13.2 Å². The van der Waals surface area contributed by atoms with Crippen molar-refractivity contribution in [1.82, 2.24) is 9.19 Å². The summed E-state index contributed by atoms with van der Waals surface area (Å²) in [7, 11) is -3.93. The lowest BCUT2D eigenvalue weighted by molar-refractivity contribution is 0.101. The Morgan fingerprint density at radius 1 is 1.07 bits per heavy atom. The van der Waals surface area contributed by atoms with Crippen LogP contribution < -0.4 is 0 Å². The van der Waals surface area contributed by atoms with Gasteiger partial charge in [-0.1, -0.05) is 29.8 Å². The van der Waals surface area contributed by atoms with E-state index in [2.05, 4.69) is 5.10 Å². The van der Waals surface area contributed by atoms with E-state index >= 15 is 0 Å². The van der Waals surface area contributed by atoms with Crippen LogP contribution in [0.4, 0.5) is 0 Å². The Morgan fingerprint density at radius 3 is 2.26 bits per heavy atom. The van der Waals surface area contributed by atoms with Gasteiger partial charge in [-0.25, -0.2) is 0 Å².